The Kier molecular flexibility index (Phi) is 5.84. The minimum Gasteiger partial charge on any atom is -0.497 e. The molecule has 0 unspecified atom stereocenters. The van der Waals surface area contributed by atoms with Crippen LogP contribution in [0.4, 0.5) is 5.82 Å². The van der Waals surface area contributed by atoms with E-state index in [0.717, 1.165) is 67.5 Å². The number of methoxy groups -OCH3 is 1. The molecule has 5 aromatic rings. The molecule has 9 nitrogen and oxygen atoms in total. The van der Waals surface area contributed by atoms with Crippen LogP contribution in [0.3, 0.4) is 0 Å². The molecule has 0 saturated carbocycles. The number of ether oxygens (including phenoxy) is 2. The number of anilines is 1. The average Bonchev–Trinajstić information content (AvgIpc) is 3.25. The van der Waals surface area contributed by atoms with Crippen molar-refractivity contribution in [3.63, 3.8) is 0 Å². The molecule has 188 valence electrons. The summed E-state index contributed by atoms with van der Waals surface area (Å²) in [6, 6.07) is 12.4. The Hall–Kier alpha value is -4.24. The van der Waals surface area contributed by atoms with E-state index in [1.54, 1.807) is 13.4 Å². The van der Waals surface area contributed by atoms with Crippen LogP contribution in [0.25, 0.3) is 33.2 Å². The number of nitrogens with one attached hydrogen (secondary N) is 1. The molecule has 1 N–H and O–H groups in total. The average molecular weight is 496 g/mol. The van der Waals surface area contributed by atoms with Crippen molar-refractivity contribution in [1.82, 2.24) is 29.8 Å². The first-order valence-electron chi connectivity index (χ1n) is 12.3. The zero-order chi connectivity index (χ0) is 25.5. The molecule has 0 bridgehead atoms. The van der Waals surface area contributed by atoms with Crippen LogP contribution in [0.2, 0.25) is 0 Å². The van der Waals surface area contributed by atoms with E-state index in [1.165, 1.54) is 0 Å². The van der Waals surface area contributed by atoms with Gasteiger partial charge in [0.15, 0.2) is 5.65 Å². The summed E-state index contributed by atoms with van der Waals surface area (Å²) < 4.78 is 11.7. The largest absolute Gasteiger partial charge is 0.497 e. The summed E-state index contributed by atoms with van der Waals surface area (Å²) in [6.45, 7) is 4.69. The van der Waals surface area contributed by atoms with Gasteiger partial charge >= 0.3 is 0 Å². The molecule has 0 spiro atoms. The van der Waals surface area contributed by atoms with E-state index in [9.17, 15) is 0 Å². The van der Waals surface area contributed by atoms with Crippen molar-refractivity contribution in [3.8, 4) is 22.6 Å². The summed E-state index contributed by atoms with van der Waals surface area (Å²) in [5.41, 5.74) is 6.82. The van der Waals surface area contributed by atoms with Crippen molar-refractivity contribution >= 4 is 27.9 Å². The summed E-state index contributed by atoms with van der Waals surface area (Å²) in [5, 5.41) is 0.993. The van der Waals surface area contributed by atoms with Crippen molar-refractivity contribution in [2.45, 2.75) is 20.0 Å². The number of aromatic nitrogens is 5. The number of hydrogen-bond acceptors (Lipinski definition) is 8. The molecule has 2 aromatic carbocycles. The molecular weight excluding hydrogens is 466 g/mol. The van der Waals surface area contributed by atoms with E-state index in [1.807, 2.05) is 38.5 Å². The Labute approximate surface area is 215 Å². The number of aromatic amines is 1. The van der Waals surface area contributed by atoms with E-state index in [-0.39, 0.29) is 0 Å². The molecule has 0 saturated heterocycles. The summed E-state index contributed by atoms with van der Waals surface area (Å²) in [6.07, 6.45) is 3.55. The van der Waals surface area contributed by atoms with Crippen molar-refractivity contribution in [3.05, 3.63) is 65.9 Å². The van der Waals surface area contributed by atoms with Gasteiger partial charge in [0.25, 0.3) is 0 Å². The molecule has 0 amide bonds. The van der Waals surface area contributed by atoms with Crippen LogP contribution in [0, 0.1) is 6.92 Å². The highest BCUT2D eigenvalue weighted by Crippen LogP contribution is 2.36. The lowest BCUT2D eigenvalue weighted by Gasteiger charge is -2.24. The minimum absolute atomic E-state index is 0.568. The second-order valence-corrected chi connectivity index (χ2v) is 9.63. The summed E-state index contributed by atoms with van der Waals surface area (Å²) >= 11 is 0. The van der Waals surface area contributed by atoms with Gasteiger partial charge in [0, 0.05) is 35.3 Å². The van der Waals surface area contributed by atoms with Gasteiger partial charge < -0.3 is 24.3 Å². The number of pyridine rings is 1. The third kappa shape index (κ3) is 4.42. The number of hydrogen-bond donors (Lipinski definition) is 1. The van der Waals surface area contributed by atoms with Gasteiger partial charge in [-0.25, -0.2) is 19.9 Å². The molecule has 1 aliphatic rings. The first-order chi connectivity index (χ1) is 18.0. The van der Waals surface area contributed by atoms with Gasteiger partial charge in [-0.3, -0.25) is 0 Å². The van der Waals surface area contributed by atoms with Gasteiger partial charge in [0.05, 0.1) is 32.0 Å². The SMILES string of the molecule is COc1ccc2c(N3CCOc4c(C)cc(-c5cnc6[nH]cnc6c5)cc4C3)nc(CN(C)C)nc2c1. The summed E-state index contributed by atoms with van der Waals surface area (Å²) in [7, 11) is 5.72. The maximum Gasteiger partial charge on any atom is 0.157 e. The number of benzene rings is 2. The number of fused-ring (bicyclic) bond motifs is 3. The van der Waals surface area contributed by atoms with Gasteiger partial charge in [-0.1, -0.05) is 0 Å². The fourth-order valence-corrected chi connectivity index (χ4v) is 4.91. The molecule has 6 rings (SSSR count). The van der Waals surface area contributed by atoms with Crippen molar-refractivity contribution in [1.29, 1.82) is 0 Å². The molecule has 1 aliphatic heterocycles. The number of nitrogens with zero attached hydrogens (tertiary/aromatic N) is 6. The number of rotatable bonds is 5. The first kappa shape index (κ1) is 23.2. The molecule has 9 heteroatoms. The van der Waals surface area contributed by atoms with Crippen LogP contribution in [-0.4, -0.2) is 64.2 Å². The zero-order valence-electron chi connectivity index (χ0n) is 21.4. The second kappa shape index (κ2) is 9.33. The lowest BCUT2D eigenvalue weighted by atomic mass is 9.99. The fourth-order valence-electron chi connectivity index (χ4n) is 4.91. The maximum atomic E-state index is 6.28. The molecule has 0 radical (unpaired) electrons. The van der Waals surface area contributed by atoms with E-state index >= 15 is 0 Å². The molecule has 0 fully saturated rings. The Balaban J connectivity index is 1.43. The topological polar surface area (TPSA) is 92.3 Å². The van der Waals surface area contributed by atoms with E-state index in [4.69, 9.17) is 19.4 Å². The van der Waals surface area contributed by atoms with Gasteiger partial charge in [0.1, 0.15) is 35.3 Å². The summed E-state index contributed by atoms with van der Waals surface area (Å²) in [4.78, 5) is 26.2. The lowest BCUT2D eigenvalue weighted by molar-refractivity contribution is 0.329. The van der Waals surface area contributed by atoms with Gasteiger partial charge in [-0.05, 0) is 62.5 Å². The summed E-state index contributed by atoms with van der Waals surface area (Å²) in [5.74, 6) is 3.40. The van der Waals surface area contributed by atoms with E-state index in [0.29, 0.717) is 26.2 Å². The van der Waals surface area contributed by atoms with E-state index in [2.05, 4.69) is 49.9 Å². The molecule has 0 atom stereocenters. The second-order valence-electron chi connectivity index (χ2n) is 9.63. The van der Waals surface area contributed by atoms with Crippen molar-refractivity contribution < 1.29 is 9.47 Å². The Morgan fingerprint density at radius 1 is 1.05 bits per heavy atom. The highest BCUT2D eigenvalue weighted by Gasteiger charge is 2.22. The Morgan fingerprint density at radius 2 is 1.95 bits per heavy atom. The maximum absolute atomic E-state index is 6.28. The third-order valence-corrected chi connectivity index (χ3v) is 6.61. The molecular formula is C28H29N7O2. The molecule has 3 aromatic heterocycles. The normalized spacial score (nSPS) is 13.6. The van der Waals surface area contributed by atoms with Crippen LogP contribution < -0.4 is 14.4 Å². The van der Waals surface area contributed by atoms with E-state index < -0.39 is 0 Å². The third-order valence-electron chi connectivity index (χ3n) is 6.61. The predicted octanol–water partition coefficient (Wildman–Crippen LogP) is 4.35. The van der Waals surface area contributed by atoms with Gasteiger partial charge in [-0.2, -0.15) is 0 Å². The predicted molar refractivity (Wildman–Crippen MR) is 144 cm³/mol. The Morgan fingerprint density at radius 3 is 2.78 bits per heavy atom. The number of imidazole rings is 1. The minimum atomic E-state index is 0.568. The van der Waals surface area contributed by atoms with Crippen molar-refractivity contribution in [2.75, 3.05) is 39.3 Å². The Bertz CT molecular complexity index is 1610. The number of H-pyrrole nitrogens is 1. The monoisotopic (exact) mass is 495 g/mol. The highest BCUT2D eigenvalue weighted by atomic mass is 16.5. The highest BCUT2D eigenvalue weighted by molar-refractivity contribution is 5.90. The van der Waals surface area contributed by atoms with Crippen molar-refractivity contribution in [2.24, 2.45) is 0 Å². The van der Waals surface area contributed by atoms with Gasteiger partial charge in [-0.15, -0.1) is 0 Å². The fraction of sp³-hybridized carbons (Fsp3) is 0.286. The number of aryl methyl sites for hydroxylation is 1. The van der Waals surface area contributed by atoms with Crippen LogP contribution in [0.5, 0.6) is 11.5 Å². The van der Waals surface area contributed by atoms with Gasteiger partial charge in [0.2, 0.25) is 0 Å². The molecule has 0 aliphatic carbocycles. The smallest absolute Gasteiger partial charge is 0.157 e. The van der Waals surface area contributed by atoms with Crippen LogP contribution in [0.15, 0.2) is 48.9 Å². The van der Waals surface area contributed by atoms with Crippen LogP contribution in [0.1, 0.15) is 17.0 Å². The zero-order valence-corrected chi connectivity index (χ0v) is 21.4. The first-order valence-corrected chi connectivity index (χ1v) is 12.3. The molecule has 4 heterocycles. The molecule has 37 heavy (non-hydrogen) atoms. The van der Waals surface area contributed by atoms with Crippen LogP contribution in [-0.2, 0) is 13.1 Å². The van der Waals surface area contributed by atoms with Crippen LogP contribution >= 0.6 is 0 Å². The lowest BCUT2D eigenvalue weighted by Crippen LogP contribution is -2.27. The standard InChI is InChI=1S/C28H29N7O2/c1-17-9-18(19-11-24-27(29-13-19)31-16-30-24)10-20-14-35(7-8-37-26(17)20)28-22-6-5-21(36-4)12-23(22)32-25(33-28)15-34(2)3/h5-6,9-13,16H,7-8,14-15H2,1-4H3,(H,29,30,31). The quantitative estimate of drug-likeness (QED) is 0.385.